The Morgan fingerprint density at radius 1 is 0.333 bits per heavy atom. The predicted octanol–water partition coefficient (Wildman–Crippen LogP) is 17.3. The summed E-state index contributed by atoms with van der Waals surface area (Å²) in [5.74, 6) is 0. The fourth-order valence-corrected chi connectivity index (χ4v) is 10.7. The van der Waals surface area contributed by atoms with Crippen molar-refractivity contribution < 1.29 is 0 Å². The highest BCUT2D eigenvalue weighted by Crippen LogP contribution is 2.51. The number of hydrogen-bond acceptors (Lipinski definition) is 2. The average molecular weight is 821 g/mol. The second-order valence-electron chi connectivity index (χ2n) is 16.0. The average Bonchev–Trinajstić information content (AvgIpc) is 3.91. The van der Waals surface area contributed by atoms with Crippen LogP contribution in [0.25, 0.3) is 92.2 Å². The van der Waals surface area contributed by atoms with Crippen molar-refractivity contribution in [1.82, 2.24) is 4.57 Å². The Morgan fingerprint density at radius 2 is 0.889 bits per heavy atom. The molecule has 0 fully saturated rings. The highest BCUT2D eigenvalue weighted by molar-refractivity contribution is 7.25. The first-order valence-corrected chi connectivity index (χ1v) is 22.3. The fraction of sp³-hybridized carbons (Fsp3) is 0. The van der Waals surface area contributed by atoms with Gasteiger partial charge in [-0.15, -0.1) is 11.3 Å². The molecule has 0 saturated heterocycles. The fourth-order valence-electron chi connectivity index (χ4n) is 9.60. The van der Waals surface area contributed by atoms with Gasteiger partial charge in [0, 0.05) is 47.9 Å². The van der Waals surface area contributed by atoms with E-state index in [0.717, 1.165) is 28.3 Å². The third-order valence-corrected chi connectivity index (χ3v) is 13.6. The van der Waals surface area contributed by atoms with E-state index in [2.05, 4.69) is 252 Å². The lowest BCUT2D eigenvalue weighted by Crippen LogP contribution is -2.12. The molecule has 2 aromatic heterocycles. The predicted molar refractivity (Wildman–Crippen MR) is 270 cm³/mol. The molecule has 12 rings (SSSR count). The largest absolute Gasteiger partial charge is 0.309 e. The van der Waals surface area contributed by atoms with Crippen molar-refractivity contribution in [3.63, 3.8) is 0 Å². The molecule has 63 heavy (non-hydrogen) atoms. The third kappa shape index (κ3) is 6.33. The second kappa shape index (κ2) is 15.5. The third-order valence-electron chi connectivity index (χ3n) is 12.4. The summed E-state index contributed by atoms with van der Waals surface area (Å²) in [6.07, 6.45) is 0. The zero-order chi connectivity index (χ0) is 41.7. The van der Waals surface area contributed by atoms with Crippen LogP contribution in [-0.2, 0) is 0 Å². The molecule has 0 N–H and O–H groups in total. The number of rotatable bonds is 8. The first kappa shape index (κ1) is 36.8. The molecule has 0 radical (unpaired) electrons. The number of nitrogens with zero attached hydrogens (tertiary/aromatic N) is 2. The van der Waals surface area contributed by atoms with Gasteiger partial charge in [-0.2, -0.15) is 0 Å². The van der Waals surface area contributed by atoms with Crippen LogP contribution in [0.4, 0.5) is 17.1 Å². The maximum atomic E-state index is 2.51. The van der Waals surface area contributed by atoms with Crippen LogP contribution in [0.15, 0.2) is 243 Å². The first-order chi connectivity index (χ1) is 31.3. The van der Waals surface area contributed by atoms with Gasteiger partial charge in [-0.1, -0.05) is 182 Å². The van der Waals surface area contributed by atoms with Crippen molar-refractivity contribution in [2.75, 3.05) is 4.90 Å². The Hall–Kier alpha value is -7.98. The first-order valence-electron chi connectivity index (χ1n) is 21.5. The van der Waals surface area contributed by atoms with Crippen molar-refractivity contribution in [1.29, 1.82) is 0 Å². The lowest BCUT2D eigenvalue weighted by atomic mass is 9.87. The van der Waals surface area contributed by atoms with E-state index < -0.39 is 0 Å². The van der Waals surface area contributed by atoms with E-state index in [9.17, 15) is 0 Å². The second-order valence-corrected chi connectivity index (χ2v) is 17.1. The van der Waals surface area contributed by atoms with Crippen LogP contribution in [0.1, 0.15) is 0 Å². The lowest BCUT2D eigenvalue weighted by Gasteiger charge is -2.30. The van der Waals surface area contributed by atoms with E-state index in [1.807, 2.05) is 11.3 Å². The molecule has 12 aromatic rings. The molecule has 0 unspecified atom stereocenters. The summed E-state index contributed by atoms with van der Waals surface area (Å²) in [5, 5.41) is 5.03. The molecule has 0 aliphatic carbocycles. The highest BCUT2D eigenvalue weighted by Gasteiger charge is 2.26. The van der Waals surface area contributed by atoms with Crippen molar-refractivity contribution in [2.45, 2.75) is 0 Å². The highest BCUT2D eigenvalue weighted by atomic mass is 32.1. The Bertz CT molecular complexity index is 3600. The van der Waals surface area contributed by atoms with Gasteiger partial charge in [-0.25, -0.2) is 0 Å². The summed E-state index contributed by atoms with van der Waals surface area (Å²) in [5.41, 5.74) is 16.2. The van der Waals surface area contributed by atoms with Crippen LogP contribution in [0.3, 0.4) is 0 Å². The van der Waals surface area contributed by atoms with E-state index in [-0.39, 0.29) is 0 Å². The summed E-state index contributed by atoms with van der Waals surface area (Å²) in [7, 11) is 0. The Balaban J connectivity index is 1.14. The van der Waals surface area contributed by atoms with E-state index >= 15 is 0 Å². The van der Waals surface area contributed by atoms with Crippen LogP contribution in [0.2, 0.25) is 0 Å². The SMILES string of the molecule is c1ccc(-c2ccccc2-c2c(-c3ccccc3)cccc2N(c2ccc(-c3ccc4c(c3)sc3ccccc34)cc2)c2cccc3c2c2ccccc2n3-c2ccccc2)cc1. The quantitative estimate of drug-likeness (QED) is 0.148. The molecule has 0 atom stereocenters. The molecular formula is C60H40N2S. The van der Waals surface area contributed by atoms with Crippen LogP contribution in [-0.4, -0.2) is 4.57 Å². The maximum Gasteiger partial charge on any atom is 0.0562 e. The van der Waals surface area contributed by atoms with Crippen molar-refractivity contribution in [3.8, 4) is 50.2 Å². The Labute approximate surface area is 370 Å². The molecule has 3 heteroatoms. The number of thiophene rings is 1. The van der Waals surface area contributed by atoms with Crippen molar-refractivity contribution >= 4 is 70.4 Å². The van der Waals surface area contributed by atoms with E-state index in [0.29, 0.717) is 0 Å². The molecule has 0 saturated carbocycles. The number of para-hydroxylation sites is 2. The van der Waals surface area contributed by atoms with E-state index in [4.69, 9.17) is 0 Å². The van der Waals surface area contributed by atoms with Gasteiger partial charge in [0.15, 0.2) is 0 Å². The van der Waals surface area contributed by atoms with Gasteiger partial charge in [-0.3, -0.25) is 0 Å². The molecule has 296 valence electrons. The van der Waals surface area contributed by atoms with Crippen molar-refractivity contribution in [3.05, 3.63) is 243 Å². The number of fused-ring (bicyclic) bond motifs is 6. The molecule has 0 aliphatic heterocycles. The number of hydrogen-bond donors (Lipinski definition) is 0. The van der Waals surface area contributed by atoms with Gasteiger partial charge in [-0.05, 0) is 99.6 Å². The standard InChI is InChI=1S/C60H40N2S/c1-4-18-42(19-5-1)47-24-10-11-26-51(47)59-48(43-20-6-2-7-21-43)28-16-30-54(59)62(46-37-34-41(35-38-46)44-36-39-50-49-25-13-15-33-57(49)63-58(50)40-44)56-32-17-31-55-60(56)52-27-12-14-29-53(52)61(55)45-22-8-3-9-23-45/h1-40H. The number of anilines is 3. The molecule has 2 heterocycles. The van der Waals surface area contributed by atoms with Gasteiger partial charge < -0.3 is 9.47 Å². The summed E-state index contributed by atoms with van der Waals surface area (Å²) in [4.78, 5) is 2.51. The smallest absolute Gasteiger partial charge is 0.0562 e. The molecular weight excluding hydrogens is 781 g/mol. The van der Waals surface area contributed by atoms with Gasteiger partial charge in [0.25, 0.3) is 0 Å². The normalized spacial score (nSPS) is 11.5. The molecule has 0 amide bonds. The van der Waals surface area contributed by atoms with Gasteiger partial charge in [0.1, 0.15) is 0 Å². The summed E-state index contributed by atoms with van der Waals surface area (Å²) < 4.78 is 5.03. The molecule has 0 spiro atoms. The molecule has 10 aromatic carbocycles. The Morgan fingerprint density at radius 3 is 1.67 bits per heavy atom. The van der Waals surface area contributed by atoms with Gasteiger partial charge >= 0.3 is 0 Å². The van der Waals surface area contributed by atoms with E-state index in [1.165, 1.54) is 81.0 Å². The lowest BCUT2D eigenvalue weighted by molar-refractivity contribution is 1.18. The summed E-state index contributed by atoms with van der Waals surface area (Å²) in [6.45, 7) is 0. The van der Waals surface area contributed by atoms with Crippen LogP contribution < -0.4 is 4.90 Å². The van der Waals surface area contributed by atoms with Crippen molar-refractivity contribution in [2.24, 2.45) is 0 Å². The topological polar surface area (TPSA) is 8.17 Å². The number of aromatic nitrogens is 1. The number of benzene rings is 10. The van der Waals surface area contributed by atoms with Gasteiger partial charge in [0.2, 0.25) is 0 Å². The zero-order valence-electron chi connectivity index (χ0n) is 34.4. The minimum atomic E-state index is 1.08. The maximum absolute atomic E-state index is 2.51. The zero-order valence-corrected chi connectivity index (χ0v) is 35.2. The monoisotopic (exact) mass is 820 g/mol. The summed E-state index contributed by atoms with van der Waals surface area (Å²) >= 11 is 1.86. The molecule has 0 aliphatic rings. The van der Waals surface area contributed by atoms with Crippen LogP contribution >= 0.6 is 11.3 Å². The Kier molecular flexibility index (Phi) is 9.06. The minimum absolute atomic E-state index is 1.08. The minimum Gasteiger partial charge on any atom is -0.309 e. The van der Waals surface area contributed by atoms with Gasteiger partial charge in [0.05, 0.1) is 22.4 Å². The van der Waals surface area contributed by atoms with Crippen LogP contribution in [0, 0.1) is 0 Å². The summed E-state index contributed by atoms with van der Waals surface area (Å²) in [6, 6.07) is 88.5. The molecule has 2 nitrogen and oxygen atoms in total. The van der Waals surface area contributed by atoms with Crippen LogP contribution in [0.5, 0.6) is 0 Å². The molecule has 0 bridgehead atoms. The van der Waals surface area contributed by atoms with E-state index in [1.54, 1.807) is 0 Å².